The van der Waals surface area contributed by atoms with Crippen LogP contribution in [0.5, 0.6) is 0 Å². The maximum absolute atomic E-state index is 12.3. The number of hydrogen-bond donors (Lipinski definition) is 1. The van der Waals surface area contributed by atoms with Crippen LogP contribution >= 0.6 is 0 Å². The fourth-order valence-electron chi connectivity index (χ4n) is 2.90. The van der Waals surface area contributed by atoms with Crippen molar-refractivity contribution < 1.29 is 4.79 Å². The number of nitrogens with one attached hydrogen (secondary N) is 1. The molecule has 1 aliphatic rings. The van der Waals surface area contributed by atoms with Gasteiger partial charge in [-0.15, -0.1) is 0 Å². The van der Waals surface area contributed by atoms with E-state index in [1.54, 1.807) is 6.20 Å². The molecule has 2 aromatic heterocycles. The number of amides is 2. The SMILES string of the molecule is O=C(NCCn1cccn1)N1CCCN(Cc2ccncc2)CC1. The maximum Gasteiger partial charge on any atom is 0.317 e. The molecule has 1 fully saturated rings. The summed E-state index contributed by atoms with van der Waals surface area (Å²) >= 11 is 0. The number of rotatable bonds is 5. The number of carbonyl (C=O) groups excluding carboxylic acids is 1. The van der Waals surface area contributed by atoms with Crippen LogP contribution in [0.25, 0.3) is 0 Å². The molecular formula is C17H24N6O. The third-order valence-corrected chi connectivity index (χ3v) is 4.21. The lowest BCUT2D eigenvalue weighted by Crippen LogP contribution is -2.43. The highest BCUT2D eigenvalue weighted by Crippen LogP contribution is 2.08. The molecule has 7 heteroatoms. The molecule has 2 aromatic rings. The van der Waals surface area contributed by atoms with E-state index in [2.05, 4.69) is 20.3 Å². The van der Waals surface area contributed by atoms with Crippen LogP contribution in [0.4, 0.5) is 4.79 Å². The smallest absolute Gasteiger partial charge is 0.317 e. The normalized spacial score (nSPS) is 15.9. The van der Waals surface area contributed by atoms with Crippen LogP contribution in [0.15, 0.2) is 43.0 Å². The first-order chi connectivity index (χ1) is 11.8. The molecule has 1 aliphatic heterocycles. The second-order valence-electron chi connectivity index (χ2n) is 5.97. The topological polar surface area (TPSA) is 66.3 Å². The predicted molar refractivity (Wildman–Crippen MR) is 91.3 cm³/mol. The first-order valence-corrected chi connectivity index (χ1v) is 8.43. The van der Waals surface area contributed by atoms with Crippen LogP contribution in [0, 0.1) is 0 Å². The minimum atomic E-state index is 0.0212. The van der Waals surface area contributed by atoms with Gasteiger partial charge in [-0.3, -0.25) is 14.6 Å². The molecule has 0 atom stereocenters. The average molecular weight is 328 g/mol. The van der Waals surface area contributed by atoms with Crippen LogP contribution in [0.1, 0.15) is 12.0 Å². The third-order valence-electron chi connectivity index (χ3n) is 4.21. The number of urea groups is 1. The first-order valence-electron chi connectivity index (χ1n) is 8.43. The molecule has 0 spiro atoms. The van der Waals surface area contributed by atoms with Gasteiger partial charge in [0.2, 0.25) is 0 Å². The largest absolute Gasteiger partial charge is 0.336 e. The standard InChI is InChI=1S/C17H24N6O/c24-17(19-8-12-23-11-1-5-20-23)22-10-2-9-21(13-14-22)15-16-3-6-18-7-4-16/h1,3-7,11H,2,8-10,12-15H2,(H,19,24). The predicted octanol–water partition coefficient (Wildman–Crippen LogP) is 1.20. The number of hydrogen-bond acceptors (Lipinski definition) is 4. The molecule has 3 rings (SSSR count). The van der Waals surface area contributed by atoms with E-state index in [1.165, 1.54) is 5.56 Å². The van der Waals surface area contributed by atoms with E-state index in [-0.39, 0.29) is 6.03 Å². The average Bonchev–Trinajstić information content (AvgIpc) is 3.01. The molecule has 1 saturated heterocycles. The quantitative estimate of drug-likeness (QED) is 0.895. The van der Waals surface area contributed by atoms with Crippen molar-refractivity contribution in [2.75, 3.05) is 32.7 Å². The summed E-state index contributed by atoms with van der Waals surface area (Å²) in [6.45, 7) is 5.68. The molecular weight excluding hydrogens is 304 g/mol. The van der Waals surface area contributed by atoms with Crippen molar-refractivity contribution in [3.8, 4) is 0 Å². The van der Waals surface area contributed by atoms with Crippen LogP contribution in [-0.4, -0.2) is 63.3 Å². The van der Waals surface area contributed by atoms with Crippen LogP contribution in [0.3, 0.4) is 0 Å². The highest BCUT2D eigenvalue weighted by atomic mass is 16.2. The van der Waals surface area contributed by atoms with E-state index in [0.29, 0.717) is 13.1 Å². The van der Waals surface area contributed by atoms with E-state index in [9.17, 15) is 4.79 Å². The van der Waals surface area contributed by atoms with Crippen molar-refractivity contribution in [1.82, 2.24) is 29.9 Å². The van der Waals surface area contributed by atoms with Crippen LogP contribution in [0.2, 0.25) is 0 Å². The van der Waals surface area contributed by atoms with Crippen LogP contribution in [-0.2, 0) is 13.1 Å². The highest BCUT2D eigenvalue weighted by molar-refractivity contribution is 5.74. The van der Waals surface area contributed by atoms with Crippen molar-refractivity contribution in [3.05, 3.63) is 48.5 Å². The summed E-state index contributed by atoms with van der Waals surface area (Å²) in [5.74, 6) is 0. The van der Waals surface area contributed by atoms with Crippen molar-refractivity contribution in [2.45, 2.75) is 19.5 Å². The Labute approximate surface area is 142 Å². The Morgan fingerprint density at radius 1 is 1.12 bits per heavy atom. The zero-order valence-electron chi connectivity index (χ0n) is 13.8. The van der Waals surface area contributed by atoms with Gasteiger partial charge in [0.15, 0.2) is 0 Å². The monoisotopic (exact) mass is 328 g/mol. The summed E-state index contributed by atoms with van der Waals surface area (Å²) < 4.78 is 1.82. The fourth-order valence-corrected chi connectivity index (χ4v) is 2.90. The molecule has 0 bridgehead atoms. The molecule has 7 nitrogen and oxygen atoms in total. The minimum Gasteiger partial charge on any atom is -0.336 e. The summed E-state index contributed by atoms with van der Waals surface area (Å²) in [5.41, 5.74) is 1.27. The van der Waals surface area contributed by atoms with Gasteiger partial charge in [0.25, 0.3) is 0 Å². The second kappa shape index (κ2) is 8.44. The molecule has 128 valence electrons. The molecule has 2 amide bonds. The summed E-state index contributed by atoms with van der Waals surface area (Å²) in [6, 6.07) is 6.00. The summed E-state index contributed by atoms with van der Waals surface area (Å²) in [4.78, 5) is 20.7. The van der Waals surface area contributed by atoms with Gasteiger partial charge >= 0.3 is 6.03 Å². The number of nitrogens with zero attached hydrogens (tertiary/aromatic N) is 5. The van der Waals surface area contributed by atoms with Gasteiger partial charge in [0.1, 0.15) is 0 Å². The second-order valence-corrected chi connectivity index (χ2v) is 5.97. The summed E-state index contributed by atoms with van der Waals surface area (Å²) in [6.07, 6.45) is 8.29. The molecule has 3 heterocycles. The zero-order chi connectivity index (χ0) is 16.6. The van der Waals surface area contributed by atoms with Crippen molar-refractivity contribution >= 4 is 6.03 Å². The number of aromatic nitrogens is 3. The van der Waals surface area contributed by atoms with Gasteiger partial charge < -0.3 is 10.2 Å². The lowest BCUT2D eigenvalue weighted by Gasteiger charge is -2.22. The molecule has 0 aromatic carbocycles. The highest BCUT2D eigenvalue weighted by Gasteiger charge is 2.18. The Morgan fingerprint density at radius 3 is 2.79 bits per heavy atom. The molecule has 1 N–H and O–H groups in total. The van der Waals surface area contributed by atoms with Gasteiger partial charge in [-0.1, -0.05) is 0 Å². The Morgan fingerprint density at radius 2 is 2.00 bits per heavy atom. The molecule has 0 unspecified atom stereocenters. The van der Waals surface area contributed by atoms with E-state index in [1.807, 2.05) is 46.4 Å². The maximum atomic E-state index is 12.3. The Balaban J connectivity index is 1.42. The van der Waals surface area contributed by atoms with Gasteiger partial charge in [-0.2, -0.15) is 5.10 Å². The lowest BCUT2D eigenvalue weighted by atomic mass is 10.2. The van der Waals surface area contributed by atoms with Gasteiger partial charge in [-0.05, 0) is 30.2 Å². The first kappa shape index (κ1) is 16.4. The Hall–Kier alpha value is -2.41. The van der Waals surface area contributed by atoms with E-state index >= 15 is 0 Å². The molecule has 0 saturated carbocycles. The Bertz CT molecular complexity index is 615. The van der Waals surface area contributed by atoms with Crippen LogP contribution < -0.4 is 5.32 Å². The van der Waals surface area contributed by atoms with Gasteiger partial charge in [0.05, 0.1) is 6.54 Å². The number of carbonyl (C=O) groups is 1. The molecule has 24 heavy (non-hydrogen) atoms. The minimum absolute atomic E-state index is 0.0212. The van der Waals surface area contributed by atoms with Gasteiger partial charge in [0, 0.05) is 64.1 Å². The number of pyridine rings is 1. The summed E-state index contributed by atoms with van der Waals surface area (Å²) in [5, 5.41) is 7.11. The Kier molecular flexibility index (Phi) is 5.79. The van der Waals surface area contributed by atoms with Crippen molar-refractivity contribution in [3.63, 3.8) is 0 Å². The lowest BCUT2D eigenvalue weighted by molar-refractivity contribution is 0.197. The summed E-state index contributed by atoms with van der Waals surface area (Å²) in [7, 11) is 0. The van der Waals surface area contributed by atoms with Gasteiger partial charge in [-0.25, -0.2) is 4.79 Å². The zero-order valence-corrected chi connectivity index (χ0v) is 13.8. The molecule has 0 aliphatic carbocycles. The van der Waals surface area contributed by atoms with E-state index < -0.39 is 0 Å². The third kappa shape index (κ3) is 4.79. The van der Waals surface area contributed by atoms with Crippen molar-refractivity contribution in [2.24, 2.45) is 0 Å². The van der Waals surface area contributed by atoms with Crippen molar-refractivity contribution in [1.29, 1.82) is 0 Å². The fraction of sp³-hybridized carbons (Fsp3) is 0.471. The molecule has 0 radical (unpaired) electrons. The van der Waals surface area contributed by atoms with E-state index in [4.69, 9.17) is 0 Å². The van der Waals surface area contributed by atoms with E-state index in [0.717, 1.165) is 39.1 Å².